The number of nitro groups is 1. The van der Waals surface area contributed by atoms with Crippen LogP contribution in [0.1, 0.15) is 5.56 Å². The number of halogens is 1. The maximum absolute atomic E-state index is 10.5. The Labute approximate surface area is 80.2 Å². The summed E-state index contributed by atoms with van der Waals surface area (Å²) in [6.45, 7) is 1.82. The highest BCUT2D eigenvalue weighted by Gasteiger charge is 2.13. The molecule has 0 heterocycles. The first-order chi connectivity index (χ1) is 6.15. The van der Waals surface area contributed by atoms with Gasteiger partial charge in [-0.15, -0.1) is 0 Å². The lowest BCUT2D eigenvalue weighted by molar-refractivity contribution is -0.385. The first-order valence-electron chi connectivity index (χ1n) is 3.59. The van der Waals surface area contributed by atoms with Gasteiger partial charge in [-0.25, -0.2) is 0 Å². The second-order valence-corrected chi connectivity index (χ2v) is 2.70. The highest BCUT2D eigenvalue weighted by molar-refractivity contribution is 6.17. The van der Waals surface area contributed by atoms with Crippen LogP contribution in [0.25, 0.3) is 0 Å². The number of rotatable bonds is 3. The number of ether oxygens (including phenoxy) is 1. The minimum Gasteiger partial charge on any atom is -0.471 e. The van der Waals surface area contributed by atoms with Crippen LogP contribution in [0, 0.1) is 17.0 Å². The lowest BCUT2D eigenvalue weighted by Gasteiger charge is -2.03. The van der Waals surface area contributed by atoms with Gasteiger partial charge in [0.15, 0.2) is 11.8 Å². The van der Waals surface area contributed by atoms with Gasteiger partial charge in [0.2, 0.25) is 0 Å². The van der Waals surface area contributed by atoms with Crippen molar-refractivity contribution in [2.45, 2.75) is 6.92 Å². The van der Waals surface area contributed by atoms with E-state index in [0.29, 0.717) is 0 Å². The van der Waals surface area contributed by atoms with Crippen LogP contribution in [0.3, 0.4) is 0 Å². The minimum absolute atomic E-state index is 0.0637. The summed E-state index contributed by atoms with van der Waals surface area (Å²) in [6.07, 6.45) is 0. The van der Waals surface area contributed by atoms with Crippen molar-refractivity contribution in [1.29, 1.82) is 0 Å². The van der Waals surface area contributed by atoms with E-state index in [2.05, 4.69) is 0 Å². The molecule has 1 rings (SSSR count). The van der Waals surface area contributed by atoms with E-state index in [1.165, 1.54) is 6.07 Å². The van der Waals surface area contributed by atoms with E-state index in [-0.39, 0.29) is 17.5 Å². The molecule has 70 valence electrons. The predicted octanol–water partition coefficient (Wildman–Crippen LogP) is 2.48. The van der Waals surface area contributed by atoms with Gasteiger partial charge in [-0.3, -0.25) is 10.1 Å². The zero-order valence-electron chi connectivity index (χ0n) is 6.99. The van der Waals surface area contributed by atoms with Crippen LogP contribution in [0.4, 0.5) is 5.69 Å². The van der Waals surface area contributed by atoms with E-state index in [0.717, 1.165) is 5.56 Å². The van der Waals surface area contributed by atoms with Gasteiger partial charge in [0, 0.05) is 6.07 Å². The van der Waals surface area contributed by atoms with Gasteiger partial charge in [0.25, 0.3) is 0 Å². The Hall–Kier alpha value is -1.29. The number of benzene rings is 1. The Morgan fingerprint density at radius 2 is 2.31 bits per heavy atom. The molecule has 0 amide bonds. The van der Waals surface area contributed by atoms with Gasteiger partial charge in [0.05, 0.1) is 4.92 Å². The number of nitrogens with zero attached hydrogens (tertiary/aromatic N) is 1. The second kappa shape index (κ2) is 4.09. The second-order valence-electron chi connectivity index (χ2n) is 2.48. The maximum atomic E-state index is 10.5. The molecule has 0 saturated heterocycles. The minimum atomic E-state index is -0.499. The van der Waals surface area contributed by atoms with Crippen LogP contribution in [-0.2, 0) is 0 Å². The number of aryl methyl sites for hydroxylation is 1. The molecular formula is C8H8ClNO3. The van der Waals surface area contributed by atoms with E-state index < -0.39 is 4.92 Å². The van der Waals surface area contributed by atoms with Crippen molar-refractivity contribution in [1.82, 2.24) is 0 Å². The van der Waals surface area contributed by atoms with Crippen molar-refractivity contribution in [3.63, 3.8) is 0 Å². The van der Waals surface area contributed by atoms with E-state index in [4.69, 9.17) is 16.3 Å². The van der Waals surface area contributed by atoms with Gasteiger partial charge in [-0.1, -0.05) is 17.7 Å². The van der Waals surface area contributed by atoms with Crippen molar-refractivity contribution in [3.8, 4) is 5.75 Å². The van der Waals surface area contributed by atoms with Crippen LogP contribution in [-0.4, -0.2) is 11.0 Å². The Morgan fingerprint density at radius 3 is 2.85 bits per heavy atom. The molecule has 13 heavy (non-hydrogen) atoms. The van der Waals surface area contributed by atoms with Gasteiger partial charge in [-0.2, -0.15) is 0 Å². The molecule has 0 spiro atoms. The van der Waals surface area contributed by atoms with Crippen molar-refractivity contribution >= 4 is 17.3 Å². The van der Waals surface area contributed by atoms with Gasteiger partial charge in [-0.05, 0) is 18.6 Å². The van der Waals surface area contributed by atoms with E-state index in [9.17, 15) is 10.1 Å². The summed E-state index contributed by atoms with van der Waals surface area (Å²) >= 11 is 5.32. The fourth-order valence-electron chi connectivity index (χ4n) is 0.947. The van der Waals surface area contributed by atoms with Crippen LogP contribution in [0.5, 0.6) is 5.75 Å². The molecule has 0 N–H and O–H groups in total. The molecule has 0 aromatic heterocycles. The highest BCUT2D eigenvalue weighted by atomic mass is 35.5. The fraction of sp³-hybridized carbons (Fsp3) is 0.250. The molecule has 0 aliphatic carbocycles. The predicted molar refractivity (Wildman–Crippen MR) is 49.2 cm³/mol. The van der Waals surface area contributed by atoms with E-state index >= 15 is 0 Å². The van der Waals surface area contributed by atoms with E-state index in [1.807, 2.05) is 6.92 Å². The zero-order valence-corrected chi connectivity index (χ0v) is 7.75. The van der Waals surface area contributed by atoms with Crippen molar-refractivity contribution in [3.05, 3.63) is 33.9 Å². The number of alkyl halides is 1. The number of nitro benzene ring substituents is 1. The van der Waals surface area contributed by atoms with Crippen LogP contribution >= 0.6 is 11.6 Å². The van der Waals surface area contributed by atoms with E-state index in [1.54, 1.807) is 12.1 Å². The number of hydrogen-bond acceptors (Lipinski definition) is 3. The van der Waals surface area contributed by atoms with Crippen molar-refractivity contribution in [2.24, 2.45) is 0 Å². The molecule has 0 radical (unpaired) electrons. The summed E-state index contributed by atoms with van der Waals surface area (Å²) in [4.78, 5) is 9.99. The molecule has 1 aromatic carbocycles. The summed E-state index contributed by atoms with van der Waals surface area (Å²) < 4.78 is 4.90. The molecule has 4 nitrogen and oxygen atoms in total. The summed E-state index contributed by atoms with van der Waals surface area (Å²) in [7, 11) is 0. The topological polar surface area (TPSA) is 52.4 Å². The average molecular weight is 202 g/mol. The van der Waals surface area contributed by atoms with Crippen LogP contribution in [0.2, 0.25) is 0 Å². The Bertz CT molecular complexity index is 327. The third-order valence-electron chi connectivity index (χ3n) is 1.52. The molecule has 5 heteroatoms. The fourth-order valence-corrected chi connectivity index (χ4v) is 1.06. The van der Waals surface area contributed by atoms with Crippen molar-refractivity contribution < 1.29 is 9.66 Å². The number of hydrogen-bond donors (Lipinski definition) is 0. The van der Waals surface area contributed by atoms with Crippen LogP contribution < -0.4 is 4.74 Å². The summed E-state index contributed by atoms with van der Waals surface area (Å²) in [5, 5.41) is 10.5. The first kappa shape index (κ1) is 9.80. The Balaban J connectivity index is 3.10. The molecule has 0 aliphatic heterocycles. The molecular weight excluding hydrogens is 194 g/mol. The Morgan fingerprint density at radius 1 is 1.62 bits per heavy atom. The molecule has 0 fully saturated rings. The molecule has 0 atom stereocenters. The largest absolute Gasteiger partial charge is 0.471 e. The third kappa shape index (κ3) is 2.32. The standard InChI is InChI=1S/C8H8ClNO3/c1-6-2-3-7(10(11)12)8(4-6)13-5-9/h2-4H,5H2,1H3. The van der Waals surface area contributed by atoms with Gasteiger partial charge < -0.3 is 4.74 Å². The quantitative estimate of drug-likeness (QED) is 0.429. The summed E-state index contributed by atoms with van der Waals surface area (Å²) in [6, 6.07) is 4.54. The molecule has 0 bridgehead atoms. The van der Waals surface area contributed by atoms with Gasteiger partial charge in [0.1, 0.15) is 0 Å². The average Bonchev–Trinajstić information content (AvgIpc) is 2.04. The molecule has 0 aliphatic rings. The van der Waals surface area contributed by atoms with Crippen LogP contribution in [0.15, 0.2) is 18.2 Å². The monoisotopic (exact) mass is 201 g/mol. The Kier molecular flexibility index (Phi) is 3.08. The molecule has 1 aromatic rings. The normalized spacial score (nSPS) is 9.69. The SMILES string of the molecule is Cc1ccc([N+](=O)[O-])c(OCCl)c1. The first-order valence-corrected chi connectivity index (χ1v) is 4.12. The molecule has 0 saturated carbocycles. The van der Waals surface area contributed by atoms with Crippen molar-refractivity contribution in [2.75, 3.05) is 6.07 Å². The lowest BCUT2D eigenvalue weighted by atomic mass is 10.2. The zero-order chi connectivity index (χ0) is 9.84. The third-order valence-corrected chi connectivity index (χ3v) is 1.63. The smallest absolute Gasteiger partial charge is 0.310 e. The van der Waals surface area contributed by atoms with Gasteiger partial charge >= 0.3 is 5.69 Å². The maximum Gasteiger partial charge on any atom is 0.310 e. The molecule has 0 unspecified atom stereocenters. The lowest BCUT2D eigenvalue weighted by Crippen LogP contribution is -1.96. The highest BCUT2D eigenvalue weighted by Crippen LogP contribution is 2.27. The summed E-state index contributed by atoms with van der Waals surface area (Å²) in [5.74, 6) is 0.208. The summed E-state index contributed by atoms with van der Waals surface area (Å²) in [5.41, 5.74) is 0.831.